The van der Waals surface area contributed by atoms with Crippen molar-refractivity contribution in [2.45, 2.75) is 32.2 Å². The predicted octanol–water partition coefficient (Wildman–Crippen LogP) is 3.58. The van der Waals surface area contributed by atoms with E-state index in [1.54, 1.807) is 0 Å². The molecule has 3 nitrogen and oxygen atoms in total. The van der Waals surface area contributed by atoms with Crippen LogP contribution in [0.15, 0.2) is 22.8 Å². The van der Waals surface area contributed by atoms with Gasteiger partial charge >= 0.3 is 0 Å². The maximum atomic E-state index is 5.57. The second-order valence-corrected chi connectivity index (χ2v) is 5.95. The van der Waals surface area contributed by atoms with E-state index in [1.165, 1.54) is 29.7 Å². The molecule has 0 amide bonds. The molecule has 19 heavy (non-hydrogen) atoms. The van der Waals surface area contributed by atoms with Crippen molar-refractivity contribution in [3.05, 3.63) is 34.1 Å². The van der Waals surface area contributed by atoms with Crippen LogP contribution in [-0.4, -0.2) is 16.2 Å². The van der Waals surface area contributed by atoms with Gasteiger partial charge in [0.2, 0.25) is 0 Å². The Balaban J connectivity index is 1.84. The van der Waals surface area contributed by atoms with Gasteiger partial charge in [-0.05, 0) is 59.0 Å². The molecule has 0 fully saturated rings. The zero-order valence-corrected chi connectivity index (χ0v) is 12.2. The van der Waals surface area contributed by atoms with Gasteiger partial charge in [-0.1, -0.05) is 0 Å². The van der Waals surface area contributed by atoms with Crippen LogP contribution in [0.4, 0.5) is 0 Å². The maximum absolute atomic E-state index is 5.57. The Labute approximate surface area is 120 Å². The summed E-state index contributed by atoms with van der Waals surface area (Å²) in [5, 5.41) is 0. The third kappa shape index (κ3) is 1.81. The fourth-order valence-electron chi connectivity index (χ4n) is 3.04. The number of ether oxygens (including phenoxy) is 1. The number of fused-ring (bicyclic) bond motifs is 2. The van der Waals surface area contributed by atoms with Crippen molar-refractivity contribution in [2.75, 3.05) is 6.61 Å². The zero-order chi connectivity index (χ0) is 12.8. The number of nitrogens with zero attached hydrogens (tertiary/aromatic N) is 2. The average molecular weight is 319 g/mol. The minimum absolute atomic E-state index is 0.808. The summed E-state index contributed by atoms with van der Waals surface area (Å²) in [6, 6.07) is 6.44. The van der Waals surface area contributed by atoms with Gasteiger partial charge in [0.25, 0.3) is 0 Å². The lowest BCUT2D eigenvalue weighted by atomic mass is 10.1. The number of imidazole rings is 1. The molecule has 1 aromatic carbocycles. The quantitative estimate of drug-likeness (QED) is 0.803. The highest BCUT2D eigenvalue weighted by Gasteiger charge is 2.21. The summed E-state index contributed by atoms with van der Waals surface area (Å²) in [6.07, 6.45) is 4.65. The molecule has 2 aromatic rings. The molecule has 0 aliphatic carbocycles. The van der Waals surface area contributed by atoms with Crippen molar-refractivity contribution in [3.63, 3.8) is 0 Å². The number of hydrogen-bond acceptors (Lipinski definition) is 2. The molecule has 4 heteroatoms. The smallest absolute Gasteiger partial charge is 0.141 e. The summed E-state index contributed by atoms with van der Waals surface area (Å²) >= 11 is 3.61. The topological polar surface area (TPSA) is 27.1 Å². The minimum Gasteiger partial charge on any atom is -0.493 e. The molecule has 4 rings (SSSR count). The second-order valence-electron chi connectivity index (χ2n) is 5.20. The normalized spacial score (nSPS) is 16.9. The third-order valence-corrected chi connectivity index (χ3v) is 4.65. The number of aromatic nitrogens is 2. The Morgan fingerprint density at radius 2 is 2.16 bits per heavy atom. The van der Waals surface area contributed by atoms with Crippen molar-refractivity contribution >= 4 is 15.9 Å². The van der Waals surface area contributed by atoms with Gasteiger partial charge < -0.3 is 9.30 Å². The van der Waals surface area contributed by atoms with E-state index in [-0.39, 0.29) is 0 Å². The van der Waals surface area contributed by atoms with Gasteiger partial charge in [0, 0.05) is 18.5 Å². The Morgan fingerprint density at radius 1 is 1.21 bits per heavy atom. The van der Waals surface area contributed by atoms with Crippen molar-refractivity contribution in [3.8, 4) is 17.1 Å². The van der Waals surface area contributed by atoms with E-state index in [0.717, 1.165) is 42.2 Å². The molecule has 98 valence electrons. The van der Waals surface area contributed by atoms with Gasteiger partial charge in [0.15, 0.2) is 0 Å². The summed E-state index contributed by atoms with van der Waals surface area (Å²) < 4.78 is 8.95. The molecular weight excluding hydrogens is 304 g/mol. The van der Waals surface area contributed by atoms with Crippen LogP contribution in [-0.2, 0) is 19.4 Å². The van der Waals surface area contributed by atoms with Gasteiger partial charge in [-0.2, -0.15) is 0 Å². The van der Waals surface area contributed by atoms with Gasteiger partial charge in [-0.15, -0.1) is 0 Å². The van der Waals surface area contributed by atoms with E-state index >= 15 is 0 Å². The Hall–Kier alpha value is -1.29. The van der Waals surface area contributed by atoms with Crippen LogP contribution in [0.3, 0.4) is 0 Å². The van der Waals surface area contributed by atoms with Crippen LogP contribution in [0.25, 0.3) is 11.4 Å². The maximum Gasteiger partial charge on any atom is 0.141 e. The van der Waals surface area contributed by atoms with Crippen LogP contribution in [0, 0.1) is 0 Å². The van der Waals surface area contributed by atoms with Crippen LogP contribution >= 0.6 is 15.9 Å². The highest BCUT2D eigenvalue weighted by atomic mass is 79.9. The van der Waals surface area contributed by atoms with Crippen LogP contribution in [0.1, 0.15) is 24.1 Å². The number of halogens is 1. The number of rotatable bonds is 1. The van der Waals surface area contributed by atoms with Gasteiger partial charge in [0.05, 0.1) is 12.3 Å². The molecule has 2 aliphatic rings. The first-order valence-electron chi connectivity index (χ1n) is 6.84. The highest BCUT2D eigenvalue weighted by molar-refractivity contribution is 9.10. The molecule has 0 bridgehead atoms. The van der Waals surface area contributed by atoms with Gasteiger partial charge in [0.1, 0.15) is 16.2 Å². The van der Waals surface area contributed by atoms with Crippen molar-refractivity contribution in [1.82, 2.24) is 9.55 Å². The summed E-state index contributed by atoms with van der Waals surface area (Å²) in [4.78, 5) is 4.73. The molecule has 3 heterocycles. The SMILES string of the molecule is Brc1nc(-c2ccc3c(c2)CCO3)n2c1CCCC2. The molecule has 0 saturated heterocycles. The van der Waals surface area contributed by atoms with Crippen molar-refractivity contribution < 1.29 is 4.74 Å². The predicted molar refractivity (Wildman–Crippen MR) is 77.5 cm³/mol. The van der Waals surface area contributed by atoms with Gasteiger partial charge in [-0.25, -0.2) is 4.98 Å². The number of hydrogen-bond donors (Lipinski definition) is 0. The molecule has 0 N–H and O–H groups in total. The fraction of sp³-hybridized carbons (Fsp3) is 0.400. The average Bonchev–Trinajstić information content (AvgIpc) is 3.03. The summed E-state index contributed by atoms with van der Waals surface area (Å²) in [7, 11) is 0. The first-order valence-corrected chi connectivity index (χ1v) is 7.63. The molecule has 0 saturated carbocycles. The largest absolute Gasteiger partial charge is 0.493 e. The molecule has 1 aromatic heterocycles. The van der Waals surface area contributed by atoms with Crippen molar-refractivity contribution in [1.29, 1.82) is 0 Å². The van der Waals surface area contributed by atoms with Crippen LogP contribution < -0.4 is 4.74 Å². The summed E-state index contributed by atoms with van der Waals surface area (Å²) in [6.45, 7) is 1.89. The van der Waals surface area contributed by atoms with E-state index in [0.29, 0.717) is 0 Å². The highest BCUT2D eigenvalue weighted by Crippen LogP contribution is 2.34. The van der Waals surface area contributed by atoms with E-state index in [1.807, 2.05) is 0 Å². The lowest BCUT2D eigenvalue weighted by Crippen LogP contribution is -2.11. The Kier molecular flexibility index (Phi) is 2.65. The third-order valence-electron chi connectivity index (χ3n) is 4.02. The van der Waals surface area contributed by atoms with Crippen LogP contribution in [0.5, 0.6) is 5.75 Å². The van der Waals surface area contributed by atoms with E-state index < -0.39 is 0 Å². The minimum atomic E-state index is 0.808. The van der Waals surface area contributed by atoms with Gasteiger partial charge in [-0.3, -0.25) is 0 Å². The molecule has 0 radical (unpaired) electrons. The zero-order valence-electron chi connectivity index (χ0n) is 10.7. The summed E-state index contributed by atoms with van der Waals surface area (Å²) in [5.41, 5.74) is 3.86. The summed E-state index contributed by atoms with van der Waals surface area (Å²) in [5.74, 6) is 2.13. The molecule has 0 unspecified atom stereocenters. The number of benzene rings is 1. The molecule has 2 aliphatic heterocycles. The monoisotopic (exact) mass is 318 g/mol. The van der Waals surface area contributed by atoms with Crippen molar-refractivity contribution in [2.24, 2.45) is 0 Å². The van der Waals surface area contributed by atoms with Crippen LogP contribution in [0.2, 0.25) is 0 Å². The fourth-order valence-corrected chi connectivity index (χ4v) is 3.62. The van der Waals surface area contributed by atoms with E-state index in [9.17, 15) is 0 Å². The molecule has 0 atom stereocenters. The first-order chi connectivity index (χ1) is 9.33. The first kappa shape index (κ1) is 11.5. The standard InChI is InChI=1S/C15H15BrN2O/c16-14-12-3-1-2-7-18(12)15(17-14)11-4-5-13-10(9-11)6-8-19-13/h4-5,9H,1-3,6-8H2. The lowest BCUT2D eigenvalue weighted by molar-refractivity contribution is 0.357. The van der Waals surface area contributed by atoms with E-state index in [4.69, 9.17) is 9.72 Å². The Bertz CT molecular complexity index is 648. The lowest BCUT2D eigenvalue weighted by Gasteiger charge is -2.17. The molecule has 0 spiro atoms. The van der Waals surface area contributed by atoms with E-state index in [2.05, 4.69) is 38.7 Å². The second kappa shape index (κ2) is 4.37. The molecular formula is C15H15BrN2O. The Morgan fingerprint density at radius 3 is 3.11 bits per heavy atom.